The Kier molecular flexibility index (Phi) is 4.77. The van der Waals surface area contributed by atoms with Crippen LogP contribution in [0.1, 0.15) is 40.0 Å². The highest BCUT2D eigenvalue weighted by Gasteiger charge is 2.29. The van der Waals surface area contributed by atoms with Crippen LogP contribution in [0.2, 0.25) is 0 Å². The highest BCUT2D eigenvalue weighted by Crippen LogP contribution is 2.27. The van der Waals surface area contributed by atoms with Gasteiger partial charge in [0.05, 0.1) is 13.1 Å². The molecule has 1 amide bonds. The second-order valence-corrected chi connectivity index (χ2v) is 5.63. The number of hydrogen-bond acceptors (Lipinski definition) is 3. The van der Waals surface area contributed by atoms with Crippen molar-refractivity contribution < 1.29 is 14.3 Å². The summed E-state index contributed by atoms with van der Waals surface area (Å²) in [6.45, 7) is 5.52. The molecule has 1 saturated carbocycles. The highest BCUT2D eigenvalue weighted by molar-refractivity contribution is 5.86. The van der Waals surface area contributed by atoms with E-state index < -0.39 is 11.7 Å². The van der Waals surface area contributed by atoms with Crippen molar-refractivity contribution in [3.8, 4) is 12.3 Å². The molecule has 0 spiro atoms. The minimum atomic E-state index is -0.580. The van der Waals surface area contributed by atoms with E-state index in [1.807, 2.05) is 0 Å². The summed E-state index contributed by atoms with van der Waals surface area (Å²) in [5, 5.41) is 0. The van der Waals surface area contributed by atoms with Crippen LogP contribution in [0, 0.1) is 18.3 Å². The Morgan fingerprint density at radius 3 is 2.39 bits per heavy atom. The van der Waals surface area contributed by atoms with Crippen LogP contribution in [0.4, 0.5) is 4.79 Å². The van der Waals surface area contributed by atoms with E-state index >= 15 is 0 Å². The van der Waals surface area contributed by atoms with E-state index in [1.54, 1.807) is 20.8 Å². The Bertz CT molecular complexity index is 358. The lowest BCUT2D eigenvalue weighted by Gasteiger charge is -2.29. The smallest absolute Gasteiger partial charge is 0.411 e. The number of carbonyl (C=O) groups excluding carboxylic acids is 2. The van der Waals surface area contributed by atoms with E-state index in [0.29, 0.717) is 0 Å². The summed E-state index contributed by atoms with van der Waals surface area (Å²) in [6, 6.07) is 0. The van der Waals surface area contributed by atoms with E-state index in [9.17, 15) is 9.59 Å². The maximum Gasteiger partial charge on any atom is 0.411 e. The van der Waals surface area contributed by atoms with Crippen LogP contribution in [0.15, 0.2) is 0 Å². The summed E-state index contributed by atoms with van der Waals surface area (Å²) in [5.74, 6) is 2.58. The quantitative estimate of drug-likeness (QED) is 0.720. The maximum absolute atomic E-state index is 11.9. The molecule has 4 nitrogen and oxygen atoms in total. The molecule has 0 aromatic heterocycles. The van der Waals surface area contributed by atoms with Crippen LogP contribution < -0.4 is 0 Å². The molecule has 0 saturated heterocycles. The van der Waals surface area contributed by atoms with Gasteiger partial charge in [-0.15, -0.1) is 6.42 Å². The molecule has 18 heavy (non-hydrogen) atoms. The van der Waals surface area contributed by atoms with Gasteiger partial charge in [0.15, 0.2) is 5.78 Å². The first-order valence-electron chi connectivity index (χ1n) is 6.27. The number of ether oxygens (including phenoxy) is 1. The second kappa shape index (κ2) is 5.90. The van der Waals surface area contributed by atoms with Crippen LogP contribution >= 0.6 is 0 Å². The molecule has 0 N–H and O–H groups in total. The molecule has 0 aromatic rings. The van der Waals surface area contributed by atoms with Crippen LogP contribution in [-0.2, 0) is 9.53 Å². The van der Waals surface area contributed by atoms with Gasteiger partial charge < -0.3 is 4.74 Å². The fourth-order valence-electron chi connectivity index (χ4n) is 1.67. The van der Waals surface area contributed by atoms with Gasteiger partial charge in [0.25, 0.3) is 0 Å². The molecular formula is C14H21NO3. The molecule has 1 aliphatic carbocycles. The molecule has 0 bridgehead atoms. The summed E-state index contributed by atoms with van der Waals surface area (Å²) in [6.07, 6.45) is 7.65. The molecule has 0 heterocycles. The number of hydrogen-bond donors (Lipinski definition) is 0. The summed E-state index contributed by atoms with van der Waals surface area (Å²) in [7, 11) is 0. The molecular weight excluding hydrogens is 230 g/mol. The van der Waals surface area contributed by atoms with Gasteiger partial charge >= 0.3 is 6.09 Å². The first-order chi connectivity index (χ1) is 8.33. The van der Waals surface area contributed by atoms with Gasteiger partial charge in [-0.2, -0.15) is 0 Å². The molecule has 0 aliphatic heterocycles. The van der Waals surface area contributed by atoms with Gasteiger partial charge in [-0.3, -0.25) is 9.69 Å². The average molecular weight is 251 g/mol. The van der Waals surface area contributed by atoms with E-state index in [4.69, 9.17) is 11.2 Å². The lowest BCUT2D eigenvalue weighted by Crippen LogP contribution is -2.42. The molecule has 0 radical (unpaired) electrons. The molecule has 4 heteroatoms. The topological polar surface area (TPSA) is 46.6 Å². The fraction of sp³-hybridized carbons (Fsp3) is 0.714. The number of amides is 1. The van der Waals surface area contributed by atoms with Gasteiger partial charge in [-0.25, -0.2) is 4.79 Å². The first kappa shape index (κ1) is 14.6. The Morgan fingerprint density at radius 1 is 1.39 bits per heavy atom. The molecule has 0 unspecified atom stereocenters. The lowest BCUT2D eigenvalue weighted by molar-refractivity contribution is -0.126. The minimum Gasteiger partial charge on any atom is -0.444 e. The van der Waals surface area contributed by atoms with E-state index in [1.165, 1.54) is 4.90 Å². The Morgan fingerprint density at radius 2 is 2.00 bits per heavy atom. The van der Waals surface area contributed by atoms with Crippen molar-refractivity contribution in [2.45, 2.75) is 45.6 Å². The van der Waals surface area contributed by atoms with Gasteiger partial charge in [0.1, 0.15) is 5.60 Å². The van der Waals surface area contributed by atoms with Gasteiger partial charge in [-0.1, -0.05) is 12.3 Å². The van der Waals surface area contributed by atoms with Gasteiger partial charge in [-0.05, 0) is 33.6 Å². The monoisotopic (exact) mass is 251 g/mol. The zero-order valence-electron chi connectivity index (χ0n) is 11.4. The fourth-order valence-corrected chi connectivity index (χ4v) is 1.67. The Balaban J connectivity index is 2.55. The van der Waals surface area contributed by atoms with Gasteiger partial charge in [0, 0.05) is 5.92 Å². The lowest BCUT2D eigenvalue weighted by atomic mass is 9.82. The number of rotatable bonds is 4. The third-order valence-corrected chi connectivity index (χ3v) is 2.84. The summed E-state index contributed by atoms with van der Waals surface area (Å²) in [5.41, 5.74) is -0.580. The SMILES string of the molecule is C#CCN(CC(=O)C1CCC1)C(=O)OC(C)(C)C. The van der Waals surface area contributed by atoms with E-state index in [2.05, 4.69) is 5.92 Å². The van der Waals surface area contributed by atoms with Crippen LogP contribution in [0.3, 0.4) is 0 Å². The number of Topliss-reactive ketones (excluding diaryl/α,β-unsaturated/α-hetero) is 1. The zero-order chi connectivity index (χ0) is 13.8. The number of carbonyl (C=O) groups is 2. The summed E-state index contributed by atoms with van der Waals surface area (Å²) < 4.78 is 5.22. The Labute approximate surface area is 109 Å². The average Bonchev–Trinajstić information content (AvgIpc) is 2.11. The maximum atomic E-state index is 11.9. The number of terminal acetylenes is 1. The van der Waals surface area contributed by atoms with Crippen LogP contribution in [0.25, 0.3) is 0 Å². The molecule has 0 atom stereocenters. The summed E-state index contributed by atoms with van der Waals surface area (Å²) >= 11 is 0. The highest BCUT2D eigenvalue weighted by atomic mass is 16.6. The predicted molar refractivity (Wildman–Crippen MR) is 69.0 cm³/mol. The molecule has 1 rings (SSSR count). The van der Waals surface area contributed by atoms with Crippen molar-refractivity contribution in [3.05, 3.63) is 0 Å². The third-order valence-electron chi connectivity index (χ3n) is 2.84. The second-order valence-electron chi connectivity index (χ2n) is 5.63. The molecule has 100 valence electrons. The first-order valence-corrected chi connectivity index (χ1v) is 6.27. The van der Waals surface area contributed by atoms with Crippen molar-refractivity contribution in [3.63, 3.8) is 0 Å². The van der Waals surface area contributed by atoms with Crippen LogP contribution in [0.5, 0.6) is 0 Å². The minimum absolute atomic E-state index is 0.0593. The van der Waals surface area contributed by atoms with Crippen LogP contribution in [-0.4, -0.2) is 35.5 Å². The van der Waals surface area contributed by atoms with Crippen molar-refractivity contribution in [2.75, 3.05) is 13.1 Å². The normalized spacial score (nSPS) is 15.4. The third kappa shape index (κ3) is 4.40. The van der Waals surface area contributed by atoms with E-state index in [0.717, 1.165) is 19.3 Å². The number of nitrogens with zero attached hydrogens (tertiary/aromatic N) is 1. The van der Waals surface area contributed by atoms with Gasteiger partial charge in [0.2, 0.25) is 0 Å². The largest absolute Gasteiger partial charge is 0.444 e. The molecule has 1 fully saturated rings. The summed E-state index contributed by atoms with van der Waals surface area (Å²) in [4.78, 5) is 25.0. The van der Waals surface area contributed by atoms with Crippen molar-refractivity contribution in [1.82, 2.24) is 4.90 Å². The van der Waals surface area contributed by atoms with Crippen molar-refractivity contribution in [1.29, 1.82) is 0 Å². The number of ketones is 1. The van der Waals surface area contributed by atoms with Crippen molar-refractivity contribution >= 4 is 11.9 Å². The molecule has 1 aliphatic rings. The standard InChI is InChI=1S/C14H21NO3/c1-5-9-15(13(17)18-14(2,3)4)10-12(16)11-7-6-8-11/h1,11H,6-10H2,2-4H3. The predicted octanol–water partition coefficient (Wildman–Crippen LogP) is 2.23. The molecule has 0 aromatic carbocycles. The van der Waals surface area contributed by atoms with E-state index in [-0.39, 0.29) is 24.8 Å². The van der Waals surface area contributed by atoms with Crippen molar-refractivity contribution in [2.24, 2.45) is 5.92 Å². The Hall–Kier alpha value is -1.50. The zero-order valence-corrected chi connectivity index (χ0v) is 11.4.